The first-order chi connectivity index (χ1) is 25.7. The molecule has 1 aliphatic carbocycles. The van der Waals surface area contributed by atoms with Crippen molar-refractivity contribution in [1.82, 2.24) is 4.90 Å². The number of carbonyl (C=O) groups excluding carboxylic acids is 4. The van der Waals surface area contributed by atoms with E-state index < -0.39 is 71.8 Å². The van der Waals surface area contributed by atoms with Crippen LogP contribution in [-0.4, -0.2) is 113 Å². The minimum Gasteiger partial charge on any atom is -0.460 e. The molecular formula is C42H67NO11. The zero-order valence-electron chi connectivity index (χ0n) is 33.4. The quantitative estimate of drug-likeness (QED) is 0.0880. The number of methoxy groups -OCH3 is 2. The summed E-state index contributed by atoms with van der Waals surface area (Å²) >= 11 is 0. The molecule has 3 rings (SSSR count). The largest absolute Gasteiger partial charge is 0.460 e. The molecule has 3 fully saturated rings. The van der Waals surface area contributed by atoms with Gasteiger partial charge in [-0.1, -0.05) is 45.1 Å². The molecule has 0 radical (unpaired) electrons. The van der Waals surface area contributed by atoms with Gasteiger partial charge in [0.25, 0.3) is 11.7 Å². The number of Topliss-reactive ketones (excluding diaryl/α,β-unsaturated/α-hetero) is 2. The first-order valence-corrected chi connectivity index (χ1v) is 19.9. The number of hydrogen-bond acceptors (Lipinski definition) is 11. The van der Waals surface area contributed by atoms with Gasteiger partial charge in [0.05, 0.1) is 24.4 Å². The predicted molar refractivity (Wildman–Crippen MR) is 204 cm³/mol. The van der Waals surface area contributed by atoms with E-state index in [1.807, 2.05) is 13.8 Å². The fourth-order valence-corrected chi connectivity index (χ4v) is 8.59. The topological polar surface area (TPSA) is 169 Å². The van der Waals surface area contributed by atoms with Gasteiger partial charge in [-0.2, -0.15) is 0 Å². The van der Waals surface area contributed by atoms with E-state index in [0.717, 1.165) is 6.42 Å². The van der Waals surface area contributed by atoms with Crippen molar-refractivity contribution < 1.29 is 53.4 Å². The maximum absolute atomic E-state index is 14.2. The average Bonchev–Trinajstić information content (AvgIpc) is 3.16. The predicted octanol–water partition coefficient (Wildman–Crippen LogP) is 4.87. The zero-order valence-corrected chi connectivity index (χ0v) is 33.4. The second-order valence-corrected chi connectivity index (χ2v) is 15.9. The van der Waals surface area contributed by atoms with E-state index >= 15 is 0 Å². The van der Waals surface area contributed by atoms with E-state index in [4.69, 9.17) is 18.9 Å². The van der Waals surface area contributed by atoms with Gasteiger partial charge in [-0.25, -0.2) is 4.79 Å². The van der Waals surface area contributed by atoms with Crippen LogP contribution in [-0.2, 0) is 38.1 Å². The van der Waals surface area contributed by atoms with Crippen molar-refractivity contribution in [2.75, 3.05) is 20.8 Å². The van der Waals surface area contributed by atoms with Crippen LogP contribution in [0.15, 0.2) is 37.5 Å². The number of likely N-dealkylation sites (tertiary alicyclic amines) is 1. The molecule has 306 valence electrons. The molecule has 2 saturated heterocycles. The smallest absolute Gasteiger partial charge is 0.329 e. The number of ether oxygens (including phenoxy) is 4. The van der Waals surface area contributed by atoms with Gasteiger partial charge < -0.3 is 39.2 Å². The number of ketones is 2. The average molecular weight is 762 g/mol. The monoisotopic (exact) mass is 761 g/mol. The van der Waals surface area contributed by atoms with E-state index in [2.05, 4.69) is 13.2 Å². The third-order valence-electron chi connectivity index (χ3n) is 12.0. The third kappa shape index (κ3) is 11.4. The molecule has 0 aromatic carbocycles. The Morgan fingerprint density at radius 3 is 2.31 bits per heavy atom. The maximum Gasteiger partial charge on any atom is 0.329 e. The minimum absolute atomic E-state index is 0.112. The Morgan fingerprint density at radius 2 is 1.70 bits per heavy atom. The van der Waals surface area contributed by atoms with Crippen LogP contribution in [0.1, 0.15) is 105 Å². The lowest BCUT2D eigenvalue weighted by Gasteiger charge is -2.43. The zero-order chi connectivity index (χ0) is 40.2. The van der Waals surface area contributed by atoms with Crippen molar-refractivity contribution in [2.24, 2.45) is 29.6 Å². The lowest BCUT2D eigenvalue weighted by Crippen LogP contribution is -2.61. The van der Waals surface area contributed by atoms with Gasteiger partial charge in [0.2, 0.25) is 5.79 Å². The van der Waals surface area contributed by atoms with Crippen molar-refractivity contribution in [1.29, 1.82) is 0 Å². The number of esters is 1. The summed E-state index contributed by atoms with van der Waals surface area (Å²) in [7, 11) is 3.08. The molecule has 0 bridgehead atoms. The maximum atomic E-state index is 14.2. The van der Waals surface area contributed by atoms with Crippen LogP contribution in [0.4, 0.5) is 0 Å². The fourth-order valence-electron chi connectivity index (χ4n) is 8.59. The van der Waals surface area contributed by atoms with Crippen LogP contribution in [0.3, 0.4) is 0 Å². The van der Waals surface area contributed by atoms with Crippen LogP contribution in [0, 0.1) is 29.6 Å². The molecule has 0 spiro atoms. The van der Waals surface area contributed by atoms with Gasteiger partial charge in [0, 0.05) is 44.9 Å². The summed E-state index contributed by atoms with van der Waals surface area (Å²) in [6.07, 6.45) is 8.50. The summed E-state index contributed by atoms with van der Waals surface area (Å²) in [6.45, 7) is 14.8. The van der Waals surface area contributed by atoms with Gasteiger partial charge in [-0.15, -0.1) is 13.2 Å². The first kappa shape index (κ1) is 45.6. The number of nitrogens with zero attached hydrogens (tertiary/aromatic N) is 1. The van der Waals surface area contributed by atoms with Crippen molar-refractivity contribution >= 4 is 23.4 Å². The standard InChI is InChI=1S/C42H67NO11/c1-9-14-30(15-10-2)34(46)25-33(45)28(6)38(26(4)23-29-19-20-32(44)37(24-29)52-8)53-41(49)31-17-12-13-22-43(31)40(48)39(47)42(50)27(5)18-21-36(54-42)35(51-7)16-11-3/h9-11,16,26-33,35-38,44-45,50H,1-2,12-15,17-25H2,3-8H3/b16-11-/t26-,27-,28-,29+,31?,32-,33+,35+,36+,37-,38-,42-/m1/s1. The van der Waals surface area contributed by atoms with Crippen LogP contribution < -0.4 is 0 Å². The number of rotatable bonds is 20. The van der Waals surface area contributed by atoms with E-state index in [0.29, 0.717) is 57.8 Å². The highest BCUT2D eigenvalue weighted by atomic mass is 16.6. The van der Waals surface area contributed by atoms with E-state index in [9.17, 15) is 34.5 Å². The Kier molecular flexibility index (Phi) is 18.2. The summed E-state index contributed by atoms with van der Waals surface area (Å²) in [4.78, 5) is 56.6. The number of aliphatic hydroxyl groups is 3. The van der Waals surface area contributed by atoms with E-state index in [-0.39, 0.29) is 49.0 Å². The second-order valence-electron chi connectivity index (χ2n) is 15.9. The normalized spacial score (nSPS) is 30.6. The number of aliphatic hydroxyl groups excluding tert-OH is 2. The number of piperidine rings is 1. The van der Waals surface area contributed by atoms with Crippen LogP contribution in [0.25, 0.3) is 0 Å². The van der Waals surface area contributed by atoms with E-state index in [1.165, 1.54) is 12.0 Å². The highest BCUT2D eigenvalue weighted by Gasteiger charge is 2.54. The number of carbonyl (C=O) groups is 4. The number of allylic oxidation sites excluding steroid dienone is 3. The Labute approximate surface area is 322 Å². The van der Waals surface area contributed by atoms with Crippen molar-refractivity contribution in [3.05, 3.63) is 37.5 Å². The Bertz CT molecular complexity index is 1290. The second kappa shape index (κ2) is 21.5. The summed E-state index contributed by atoms with van der Waals surface area (Å²) < 4.78 is 23.3. The molecule has 54 heavy (non-hydrogen) atoms. The van der Waals surface area contributed by atoms with Gasteiger partial charge >= 0.3 is 5.97 Å². The molecule has 1 amide bonds. The van der Waals surface area contributed by atoms with Crippen molar-refractivity contribution in [3.8, 4) is 0 Å². The molecule has 3 N–H and O–H groups in total. The Hall–Kier alpha value is -2.74. The lowest BCUT2D eigenvalue weighted by molar-refractivity contribution is -0.273. The van der Waals surface area contributed by atoms with Gasteiger partial charge in [0.15, 0.2) is 0 Å². The summed E-state index contributed by atoms with van der Waals surface area (Å²) in [6, 6.07) is -1.10. The van der Waals surface area contributed by atoms with Gasteiger partial charge in [-0.3, -0.25) is 14.4 Å². The van der Waals surface area contributed by atoms with Gasteiger partial charge in [-0.05, 0) is 89.4 Å². The Balaban J connectivity index is 1.86. The highest BCUT2D eigenvalue weighted by molar-refractivity contribution is 6.39. The SMILES string of the molecule is C=CCC(CC=C)C(=O)C[C@H](O)[C@@H](C)[C@H](OC(=O)C1CCCCN1C(=O)C(=O)[C@]1(O)O[C@H]([C@H](/C=C\C)OC)CC[C@H]1C)[C@H](C)C[C@@H]1CC[C@@H](O)[C@H](OC)C1. The summed E-state index contributed by atoms with van der Waals surface area (Å²) in [5, 5.41) is 33.5. The molecule has 1 saturated carbocycles. The fraction of sp³-hybridized carbons (Fsp3) is 0.762. The van der Waals surface area contributed by atoms with Crippen LogP contribution in [0.5, 0.6) is 0 Å². The van der Waals surface area contributed by atoms with Crippen molar-refractivity contribution in [2.45, 2.75) is 153 Å². The van der Waals surface area contributed by atoms with E-state index in [1.54, 1.807) is 45.3 Å². The molecule has 1 unspecified atom stereocenters. The molecule has 0 aromatic heterocycles. The third-order valence-corrected chi connectivity index (χ3v) is 12.0. The molecule has 2 aliphatic heterocycles. The minimum atomic E-state index is -2.41. The highest BCUT2D eigenvalue weighted by Crippen LogP contribution is 2.38. The van der Waals surface area contributed by atoms with Crippen molar-refractivity contribution in [3.63, 3.8) is 0 Å². The molecule has 12 heteroatoms. The first-order valence-electron chi connectivity index (χ1n) is 19.9. The molecule has 12 nitrogen and oxygen atoms in total. The molecule has 3 aliphatic rings. The van der Waals surface area contributed by atoms with Crippen LogP contribution >= 0.6 is 0 Å². The molecule has 0 aromatic rings. The molecule has 2 heterocycles. The van der Waals surface area contributed by atoms with Crippen LogP contribution in [0.2, 0.25) is 0 Å². The number of hydrogen-bond donors (Lipinski definition) is 3. The van der Waals surface area contributed by atoms with Gasteiger partial charge in [0.1, 0.15) is 24.0 Å². The number of amides is 1. The summed E-state index contributed by atoms with van der Waals surface area (Å²) in [5.74, 6) is -7.25. The Morgan fingerprint density at radius 1 is 1.02 bits per heavy atom. The molecule has 12 atom stereocenters. The lowest BCUT2D eigenvalue weighted by atomic mass is 9.76. The molecular weight excluding hydrogens is 694 g/mol. The summed E-state index contributed by atoms with van der Waals surface area (Å²) in [5.41, 5.74) is 0.